The molecule has 0 saturated carbocycles. The fraction of sp³-hybridized carbons (Fsp3) is 0.222. The maximum absolute atomic E-state index is 13.1. The number of nitrogens with zero attached hydrogens (tertiary/aromatic N) is 2. The average Bonchev–Trinajstić information content (AvgIpc) is 2.55. The molecule has 0 spiro atoms. The van der Waals surface area contributed by atoms with Gasteiger partial charge in [-0.05, 0) is 51.2 Å². The molecule has 0 bridgehead atoms. The van der Waals surface area contributed by atoms with Crippen LogP contribution in [0.1, 0.15) is 24.4 Å². The van der Waals surface area contributed by atoms with E-state index in [-0.39, 0.29) is 11.6 Å². The lowest BCUT2D eigenvalue weighted by atomic mass is 10.2. The van der Waals surface area contributed by atoms with Crippen LogP contribution in [0.25, 0.3) is 16.6 Å². The standard InChI is InChI=1S/C18H18BrN3O/c1-11-4-7-14(8-5-11)22-17(12(2)20-3)21-16-9-6-13(19)10-15(16)18(22)23/h4-10,12,20H,1-3H3. The lowest BCUT2D eigenvalue weighted by Gasteiger charge is -2.18. The molecule has 118 valence electrons. The SMILES string of the molecule is CNC(C)c1nc2ccc(Br)cc2c(=O)n1-c1ccc(C)cc1. The van der Waals surface area contributed by atoms with E-state index >= 15 is 0 Å². The van der Waals surface area contributed by atoms with E-state index < -0.39 is 0 Å². The molecule has 0 amide bonds. The van der Waals surface area contributed by atoms with E-state index in [0.717, 1.165) is 15.7 Å². The first-order valence-electron chi connectivity index (χ1n) is 7.48. The quantitative estimate of drug-likeness (QED) is 0.762. The van der Waals surface area contributed by atoms with Crippen molar-refractivity contribution >= 4 is 26.8 Å². The molecule has 23 heavy (non-hydrogen) atoms. The summed E-state index contributed by atoms with van der Waals surface area (Å²) in [5, 5.41) is 3.78. The third kappa shape index (κ3) is 2.94. The third-order valence-electron chi connectivity index (χ3n) is 3.97. The summed E-state index contributed by atoms with van der Waals surface area (Å²) in [6, 6.07) is 13.5. The van der Waals surface area contributed by atoms with Crippen LogP contribution in [0.5, 0.6) is 0 Å². The summed E-state index contributed by atoms with van der Waals surface area (Å²) in [6.07, 6.45) is 0. The molecule has 1 aromatic heterocycles. The molecule has 1 heterocycles. The minimum absolute atomic E-state index is 0.0444. The van der Waals surface area contributed by atoms with Crippen LogP contribution in [-0.2, 0) is 0 Å². The molecule has 0 aliphatic heterocycles. The molecule has 1 unspecified atom stereocenters. The molecule has 0 fully saturated rings. The fourth-order valence-corrected chi connectivity index (χ4v) is 2.90. The Kier molecular flexibility index (Phi) is 4.33. The third-order valence-corrected chi connectivity index (χ3v) is 4.46. The van der Waals surface area contributed by atoms with E-state index in [4.69, 9.17) is 4.98 Å². The monoisotopic (exact) mass is 371 g/mol. The Morgan fingerprint density at radius 2 is 1.87 bits per heavy atom. The Labute approximate surface area is 143 Å². The van der Waals surface area contributed by atoms with E-state index in [0.29, 0.717) is 16.7 Å². The van der Waals surface area contributed by atoms with Gasteiger partial charge in [-0.1, -0.05) is 33.6 Å². The zero-order chi connectivity index (χ0) is 16.6. The molecule has 0 aliphatic carbocycles. The van der Waals surface area contributed by atoms with E-state index in [1.54, 1.807) is 4.57 Å². The molecule has 3 rings (SSSR count). The molecule has 1 atom stereocenters. The fourth-order valence-electron chi connectivity index (χ4n) is 2.54. The summed E-state index contributed by atoms with van der Waals surface area (Å²) in [6.45, 7) is 4.02. The van der Waals surface area contributed by atoms with E-state index in [1.165, 1.54) is 0 Å². The summed E-state index contributed by atoms with van der Waals surface area (Å²) in [7, 11) is 1.86. The van der Waals surface area contributed by atoms with Gasteiger partial charge < -0.3 is 5.32 Å². The molecule has 0 aliphatic rings. The van der Waals surface area contributed by atoms with Crippen molar-refractivity contribution in [2.45, 2.75) is 19.9 Å². The number of hydrogen-bond donors (Lipinski definition) is 1. The number of aryl methyl sites for hydroxylation is 1. The smallest absolute Gasteiger partial charge is 0.266 e. The Bertz CT molecular complexity index is 916. The largest absolute Gasteiger partial charge is 0.311 e. The van der Waals surface area contributed by atoms with Gasteiger partial charge in [0.25, 0.3) is 5.56 Å². The van der Waals surface area contributed by atoms with E-state index in [2.05, 4.69) is 21.2 Å². The van der Waals surface area contributed by atoms with Gasteiger partial charge in [0.05, 0.1) is 22.6 Å². The van der Waals surface area contributed by atoms with Gasteiger partial charge >= 0.3 is 0 Å². The van der Waals surface area contributed by atoms with Crippen LogP contribution in [0, 0.1) is 6.92 Å². The molecular formula is C18H18BrN3O. The molecule has 2 aromatic carbocycles. The van der Waals surface area contributed by atoms with Gasteiger partial charge in [-0.15, -0.1) is 0 Å². The summed E-state index contributed by atoms with van der Waals surface area (Å²) >= 11 is 3.43. The van der Waals surface area contributed by atoms with E-state index in [1.807, 2.05) is 63.4 Å². The van der Waals surface area contributed by atoms with Gasteiger partial charge in [0, 0.05) is 4.47 Å². The topological polar surface area (TPSA) is 46.9 Å². The molecule has 3 aromatic rings. The van der Waals surface area contributed by atoms with Crippen LogP contribution >= 0.6 is 15.9 Å². The Hall–Kier alpha value is -1.98. The van der Waals surface area contributed by atoms with Crippen LogP contribution in [-0.4, -0.2) is 16.6 Å². The number of rotatable bonds is 3. The van der Waals surface area contributed by atoms with Crippen LogP contribution in [0.3, 0.4) is 0 Å². The second-order valence-electron chi connectivity index (χ2n) is 5.62. The normalized spacial score (nSPS) is 12.5. The summed E-state index contributed by atoms with van der Waals surface area (Å²) in [5.41, 5.74) is 2.63. The molecule has 5 heteroatoms. The van der Waals surface area contributed by atoms with Gasteiger partial charge in [0.1, 0.15) is 5.82 Å². The van der Waals surface area contributed by atoms with E-state index in [9.17, 15) is 4.79 Å². The van der Waals surface area contributed by atoms with Crippen molar-refractivity contribution in [3.8, 4) is 5.69 Å². The summed E-state index contributed by atoms with van der Waals surface area (Å²) in [4.78, 5) is 17.8. The average molecular weight is 372 g/mol. The van der Waals surface area contributed by atoms with Gasteiger partial charge in [0.2, 0.25) is 0 Å². The zero-order valence-electron chi connectivity index (χ0n) is 13.3. The van der Waals surface area contributed by atoms with Crippen molar-refractivity contribution in [3.63, 3.8) is 0 Å². The molecule has 0 saturated heterocycles. The summed E-state index contributed by atoms with van der Waals surface area (Å²) < 4.78 is 2.56. The first-order chi connectivity index (χ1) is 11.0. The lowest BCUT2D eigenvalue weighted by Crippen LogP contribution is -2.28. The second kappa shape index (κ2) is 6.26. The highest BCUT2D eigenvalue weighted by Crippen LogP contribution is 2.20. The lowest BCUT2D eigenvalue weighted by molar-refractivity contribution is 0.589. The molecular weight excluding hydrogens is 354 g/mol. The Balaban J connectivity index is 2.38. The maximum atomic E-state index is 13.1. The minimum Gasteiger partial charge on any atom is -0.311 e. The van der Waals surface area contributed by atoms with Crippen LogP contribution < -0.4 is 10.9 Å². The number of halogens is 1. The van der Waals surface area contributed by atoms with Gasteiger partial charge in [-0.25, -0.2) is 4.98 Å². The van der Waals surface area contributed by atoms with Crippen molar-refractivity contribution in [2.75, 3.05) is 7.05 Å². The van der Waals surface area contributed by atoms with Crippen LogP contribution in [0.4, 0.5) is 0 Å². The Morgan fingerprint density at radius 3 is 2.52 bits per heavy atom. The number of benzene rings is 2. The van der Waals surface area contributed by atoms with Gasteiger partial charge in [0.15, 0.2) is 0 Å². The highest BCUT2D eigenvalue weighted by molar-refractivity contribution is 9.10. The predicted octanol–water partition coefficient (Wildman–Crippen LogP) is 3.74. The molecule has 0 radical (unpaired) electrons. The van der Waals surface area contributed by atoms with Crippen molar-refractivity contribution in [1.29, 1.82) is 0 Å². The maximum Gasteiger partial charge on any atom is 0.266 e. The number of nitrogens with one attached hydrogen (secondary N) is 1. The second-order valence-corrected chi connectivity index (χ2v) is 6.53. The highest BCUT2D eigenvalue weighted by Gasteiger charge is 2.17. The van der Waals surface area contributed by atoms with Crippen molar-refractivity contribution in [2.24, 2.45) is 0 Å². The Morgan fingerprint density at radius 1 is 1.17 bits per heavy atom. The highest BCUT2D eigenvalue weighted by atomic mass is 79.9. The first kappa shape index (κ1) is 15.9. The van der Waals surface area contributed by atoms with Crippen LogP contribution in [0.15, 0.2) is 51.7 Å². The van der Waals surface area contributed by atoms with Crippen molar-refractivity contribution < 1.29 is 0 Å². The minimum atomic E-state index is -0.0581. The zero-order valence-corrected chi connectivity index (χ0v) is 14.9. The van der Waals surface area contributed by atoms with Gasteiger partial charge in [-0.2, -0.15) is 0 Å². The van der Waals surface area contributed by atoms with Crippen molar-refractivity contribution in [1.82, 2.24) is 14.9 Å². The number of hydrogen-bond acceptors (Lipinski definition) is 3. The molecule has 1 N–H and O–H groups in total. The van der Waals surface area contributed by atoms with Gasteiger partial charge in [-0.3, -0.25) is 9.36 Å². The summed E-state index contributed by atoms with van der Waals surface area (Å²) in [5.74, 6) is 0.705. The number of aromatic nitrogens is 2. The van der Waals surface area contributed by atoms with Crippen LogP contribution in [0.2, 0.25) is 0 Å². The van der Waals surface area contributed by atoms with Crippen molar-refractivity contribution in [3.05, 3.63) is 68.7 Å². The predicted molar refractivity (Wildman–Crippen MR) is 97.3 cm³/mol. The first-order valence-corrected chi connectivity index (χ1v) is 8.27. The number of fused-ring (bicyclic) bond motifs is 1. The molecule has 4 nitrogen and oxygen atoms in total.